The molecule has 7 nitrogen and oxygen atoms in total. The molecule has 2 unspecified atom stereocenters. The average molecular weight is 482 g/mol. The summed E-state index contributed by atoms with van der Waals surface area (Å²) in [6.07, 6.45) is -2.57. The zero-order valence-electron chi connectivity index (χ0n) is 18.4. The van der Waals surface area contributed by atoms with Crippen molar-refractivity contribution in [2.75, 3.05) is 13.7 Å². The maximum Gasteiger partial charge on any atom is 0.422 e. The van der Waals surface area contributed by atoms with E-state index < -0.39 is 30.0 Å². The first-order valence-corrected chi connectivity index (χ1v) is 11.5. The second-order valence-corrected chi connectivity index (χ2v) is 8.79. The normalized spacial score (nSPS) is 13.7. The third-order valence-corrected chi connectivity index (χ3v) is 6.38. The number of carbonyl (C=O) groups is 1. The number of pyridine rings is 1. The Morgan fingerprint density at radius 2 is 2.03 bits per heavy atom. The Bertz CT molecular complexity index is 1140. The van der Waals surface area contributed by atoms with Crippen molar-refractivity contribution in [3.8, 4) is 5.75 Å². The van der Waals surface area contributed by atoms with Gasteiger partial charge in [0, 0.05) is 36.0 Å². The second kappa shape index (κ2) is 10.0. The van der Waals surface area contributed by atoms with E-state index >= 15 is 0 Å². The highest BCUT2D eigenvalue weighted by Crippen LogP contribution is 2.27. The maximum absolute atomic E-state index is 13.3. The molecule has 0 aliphatic rings. The van der Waals surface area contributed by atoms with Gasteiger partial charge in [-0.25, -0.2) is 9.36 Å². The molecule has 2 atom stereocenters. The van der Waals surface area contributed by atoms with Gasteiger partial charge < -0.3 is 14.2 Å². The molecule has 0 aliphatic carbocycles. The minimum Gasteiger partial charge on any atom is -0.609 e. The first-order valence-electron chi connectivity index (χ1n) is 10.1. The minimum atomic E-state index is -4.49. The SMILES string of the molecule is [CH2]C(CC)N(C)C(=O)n1c([S+]([O-])Cc2nccc(OCC(F)(F)F)c2C)nc2ccccc21. The van der Waals surface area contributed by atoms with Gasteiger partial charge in [0.1, 0.15) is 5.75 Å². The molecule has 0 saturated heterocycles. The number of para-hydroxylation sites is 2. The Morgan fingerprint density at radius 3 is 2.70 bits per heavy atom. The number of alkyl halides is 3. The highest BCUT2D eigenvalue weighted by Gasteiger charge is 2.31. The fourth-order valence-corrected chi connectivity index (χ4v) is 4.39. The number of nitrogens with zero attached hydrogens (tertiary/aromatic N) is 4. The summed E-state index contributed by atoms with van der Waals surface area (Å²) in [6, 6.07) is 7.50. The Morgan fingerprint density at radius 1 is 1.33 bits per heavy atom. The number of imidazole rings is 1. The number of benzene rings is 1. The topological polar surface area (TPSA) is 83.3 Å². The average Bonchev–Trinajstić information content (AvgIpc) is 3.17. The summed E-state index contributed by atoms with van der Waals surface area (Å²) < 4.78 is 57.1. The van der Waals surface area contributed by atoms with Gasteiger partial charge >= 0.3 is 17.4 Å². The highest BCUT2D eigenvalue weighted by molar-refractivity contribution is 7.90. The van der Waals surface area contributed by atoms with Crippen molar-refractivity contribution in [3.05, 3.63) is 54.7 Å². The van der Waals surface area contributed by atoms with Crippen molar-refractivity contribution < 1.29 is 27.3 Å². The molecule has 0 saturated carbocycles. The molecule has 0 spiro atoms. The van der Waals surface area contributed by atoms with Crippen molar-refractivity contribution in [2.45, 2.75) is 43.4 Å². The van der Waals surface area contributed by atoms with E-state index in [2.05, 4.69) is 16.9 Å². The smallest absolute Gasteiger partial charge is 0.422 e. The van der Waals surface area contributed by atoms with Gasteiger partial charge in [-0.1, -0.05) is 19.1 Å². The monoisotopic (exact) mass is 481 g/mol. The molecule has 0 N–H and O–H groups in total. The first-order chi connectivity index (χ1) is 15.5. The molecule has 3 rings (SSSR count). The molecule has 1 aromatic carbocycles. The quantitative estimate of drug-likeness (QED) is 0.464. The standard InChI is InChI=1S/C22H24F3N4O3S/c1-5-14(2)28(4)21(30)29-18-9-7-6-8-16(18)27-20(29)33(31)12-17-15(3)19(10-11-26-17)32-13-22(23,24)25/h6-11,14H,2,5,12-13H2,1,3-4H3. The highest BCUT2D eigenvalue weighted by atomic mass is 32.2. The third kappa shape index (κ3) is 5.59. The molecule has 1 radical (unpaired) electrons. The number of ether oxygens (including phenoxy) is 1. The van der Waals surface area contributed by atoms with Crippen molar-refractivity contribution >= 4 is 28.2 Å². The van der Waals surface area contributed by atoms with Gasteiger partial charge in [0.15, 0.2) is 12.4 Å². The van der Waals surface area contributed by atoms with E-state index in [0.29, 0.717) is 23.0 Å². The number of aromatic nitrogens is 3. The fourth-order valence-electron chi connectivity index (χ4n) is 3.14. The number of hydrogen-bond acceptors (Lipinski definition) is 5. The summed E-state index contributed by atoms with van der Waals surface area (Å²) in [5, 5.41) is 0.0270. The van der Waals surface area contributed by atoms with Crippen LogP contribution in [0.1, 0.15) is 24.6 Å². The molecule has 0 aliphatic heterocycles. The van der Waals surface area contributed by atoms with E-state index in [-0.39, 0.29) is 28.4 Å². The summed E-state index contributed by atoms with van der Waals surface area (Å²) in [7, 11) is 1.61. The lowest BCUT2D eigenvalue weighted by Gasteiger charge is -2.24. The summed E-state index contributed by atoms with van der Waals surface area (Å²) in [5.41, 5.74) is 1.61. The van der Waals surface area contributed by atoms with Crippen molar-refractivity contribution in [1.82, 2.24) is 19.4 Å². The summed E-state index contributed by atoms with van der Waals surface area (Å²) in [6.45, 7) is 5.95. The predicted octanol–water partition coefficient (Wildman–Crippen LogP) is 4.50. The van der Waals surface area contributed by atoms with Crippen molar-refractivity contribution in [2.24, 2.45) is 0 Å². The van der Waals surface area contributed by atoms with Gasteiger partial charge in [0.05, 0.1) is 16.7 Å². The number of halogens is 3. The second-order valence-electron chi connectivity index (χ2n) is 7.45. The van der Waals surface area contributed by atoms with Crippen LogP contribution in [0.4, 0.5) is 18.0 Å². The molecule has 33 heavy (non-hydrogen) atoms. The molecule has 1 amide bonds. The van der Waals surface area contributed by atoms with Crippen molar-refractivity contribution in [1.29, 1.82) is 0 Å². The Hall–Kier alpha value is -2.79. The molecular formula is C22H24F3N4O3S. The molecule has 0 bridgehead atoms. The van der Waals surface area contributed by atoms with Crippen LogP contribution >= 0.6 is 0 Å². The fraction of sp³-hybridized carbons (Fsp3) is 0.364. The lowest BCUT2D eigenvalue weighted by molar-refractivity contribution is -0.153. The number of carbonyl (C=O) groups excluding carboxylic acids is 1. The van der Waals surface area contributed by atoms with Crippen LogP contribution in [0.25, 0.3) is 11.0 Å². The lowest BCUT2D eigenvalue weighted by Crippen LogP contribution is -2.39. The van der Waals surface area contributed by atoms with Gasteiger partial charge in [0.25, 0.3) is 0 Å². The predicted molar refractivity (Wildman–Crippen MR) is 118 cm³/mol. The summed E-state index contributed by atoms with van der Waals surface area (Å²) in [5.74, 6) is -0.154. The van der Waals surface area contributed by atoms with Gasteiger partial charge in [-0.05, 0) is 38.5 Å². The van der Waals surface area contributed by atoms with Crippen LogP contribution in [0.2, 0.25) is 0 Å². The zero-order valence-corrected chi connectivity index (χ0v) is 19.2. The first kappa shape index (κ1) is 24.8. The van der Waals surface area contributed by atoms with Gasteiger partial charge in [-0.15, -0.1) is 0 Å². The van der Waals surface area contributed by atoms with Gasteiger partial charge in [-0.2, -0.15) is 18.2 Å². The van der Waals surface area contributed by atoms with Crippen LogP contribution in [0, 0.1) is 13.8 Å². The van der Waals surface area contributed by atoms with Crippen LogP contribution in [0.5, 0.6) is 5.75 Å². The number of rotatable bonds is 7. The molecule has 177 valence electrons. The molecular weight excluding hydrogens is 457 g/mol. The van der Waals surface area contributed by atoms with Crippen molar-refractivity contribution in [3.63, 3.8) is 0 Å². The molecule has 3 aromatic rings. The van der Waals surface area contributed by atoms with Gasteiger partial charge in [-0.3, -0.25) is 4.98 Å². The molecule has 2 aromatic heterocycles. The van der Waals surface area contributed by atoms with E-state index in [1.807, 2.05) is 6.92 Å². The number of amides is 1. The number of fused-ring (bicyclic) bond motifs is 1. The zero-order chi connectivity index (χ0) is 24.3. The van der Waals surface area contributed by atoms with Crippen LogP contribution in [0.15, 0.2) is 41.7 Å². The lowest BCUT2D eigenvalue weighted by atomic mass is 10.2. The Labute approximate surface area is 192 Å². The summed E-state index contributed by atoms with van der Waals surface area (Å²) in [4.78, 5) is 23.2. The van der Waals surface area contributed by atoms with E-state index in [1.54, 1.807) is 38.2 Å². The molecule has 2 heterocycles. The minimum absolute atomic E-state index is 0.00137. The Kier molecular flexibility index (Phi) is 7.53. The van der Waals surface area contributed by atoms with E-state index in [0.717, 1.165) is 0 Å². The Balaban J connectivity index is 1.95. The van der Waals surface area contributed by atoms with Crippen LogP contribution in [-0.2, 0) is 16.9 Å². The van der Waals surface area contributed by atoms with E-state index in [1.165, 1.54) is 21.7 Å². The van der Waals surface area contributed by atoms with Crippen LogP contribution in [-0.4, -0.2) is 55.9 Å². The van der Waals surface area contributed by atoms with Gasteiger partial charge in [0.2, 0.25) is 0 Å². The van der Waals surface area contributed by atoms with Crippen LogP contribution < -0.4 is 4.74 Å². The summed E-state index contributed by atoms with van der Waals surface area (Å²) >= 11 is -1.83. The van der Waals surface area contributed by atoms with E-state index in [4.69, 9.17) is 4.74 Å². The van der Waals surface area contributed by atoms with Crippen LogP contribution in [0.3, 0.4) is 0 Å². The van der Waals surface area contributed by atoms with E-state index in [9.17, 15) is 22.5 Å². The maximum atomic E-state index is 13.3. The molecule has 0 fully saturated rings. The number of hydrogen-bond donors (Lipinski definition) is 0. The third-order valence-electron chi connectivity index (χ3n) is 5.16. The molecule has 11 heteroatoms. The largest absolute Gasteiger partial charge is 0.609 e.